The Morgan fingerprint density at radius 2 is 1.35 bits per heavy atom. The van der Waals surface area contributed by atoms with Gasteiger partial charge < -0.3 is 9.84 Å². The molecule has 0 aromatic rings. The van der Waals surface area contributed by atoms with Gasteiger partial charge in [-0.2, -0.15) is 0 Å². The zero-order chi connectivity index (χ0) is 14.9. The Balaban J connectivity index is 3.11. The van der Waals surface area contributed by atoms with Gasteiger partial charge >= 0.3 is 5.97 Å². The molecule has 0 bridgehead atoms. The van der Waals surface area contributed by atoms with E-state index in [2.05, 4.69) is 6.92 Å². The SMILES string of the molecule is CCCCCCCCCCCC(=O)OCCCCCO. The lowest BCUT2D eigenvalue weighted by atomic mass is 10.1. The van der Waals surface area contributed by atoms with Crippen molar-refractivity contribution in [2.45, 2.75) is 90.4 Å². The van der Waals surface area contributed by atoms with Crippen molar-refractivity contribution in [1.82, 2.24) is 0 Å². The first kappa shape index (κ1) is 19.4. The van der Waals surface area contributed by atoms with Crippen LogP contribution in [0.5, 0.6) is 0 Å². The van der Waals surface area contributed by atoms with Crippen LogP contribution in [0.2, 0.25) is 0 Å². The molecule has 0 radical (unpaired) electrons. The fourth-order valence-electron chi connectivity index (χ4n) is 2.23. The van der Waals surface area contributed by atoms with Crippen LogP contribution >= 0.6 is 0 Å². The van der Waals surface area contributed by atoms with Crippen molar-refractivity contribution in [3.8, 4) is 0 Å². The van der Waals surface area contributed by atoms with Crippen LogP contribution in [0.15, 0.2) is 0 Å². The van der Waals surface area contributed by atoms with E-state index in [1.165, 1.54) is 44.9 Å². The predicted molar refractivity (Wildman–Crippen MR) is 83.7 cm³/mol. The third-order valence-electron chi connectivity index (χ3n) is 3.55. The highest BCUT2D eigenvalue weighted by Gasteiger charge is 2.02. The van der Waals surface area contributed by atoms with Crippen LogP contribution in [0.3, 0.4) is 0 Å². The Morgan fingerprint density at radius 3 is 1.95 bits per heavy atom. The summed E-state index contributed by atoms with van der Waals surface area (Å²) in [5.74, 6) is -0.0584. The molecule has 0 atom stereocenters. The lowest BCUT2D eigenvalue weighted by Gasteiger charge is -2.04. The first-order chi connectivity index (χ1) is 9.81. The van der Waals surface area contributed by atoms with Gasteiger partial charge in [-0.3, -0.25) is 4.79 Å². The fraction of sp³-hybridized carbons (Fsp3) is 0.941. The number of aliphatic hydroxyl groups excluding tert-OH is 1. The molecule has 0 aromatic heterocycles. The number of unbranched alkanes of at least 4 members (excludes halogenated alkanes) is 10. The van der Waals surface area contributed by atoms with Crippen molar-refractivity contribution in [2.75, 3.05) is 13.2 Å². The smallest absolute Gasteiger partial charge is 0.305 e. The molecule has 0 saturated heterocycles. The average molecular weight is 286 g/mol. The summed E-state index contributed by atoms with van der Waals surface area (Å²) in [6.45, 7) is 2.98. The van der Waals surface area contributed by atoms with Crippen LogP contribution < -0.4 is 0 Å². The van der Waals surface area contributed by atoms with Gasteiger partial charge in [-0.05, 0) is 25.7 Å². The van der Waals surface area contributed by atoms with E-state index < -0.39 is 0 Å². The molecule has 3 nitrogen and oxygen atoms in total. The maximum Gasteiger partial charge on any atom is 0.305 e. The van der Waals surface area contributed by atoms with Crippen molar-refractivity contribution >= 4 is 5.97 Å². The molecule has 0 aliphatic heterocycles. The Bertz CT molecular complexity index is 204. The summed E-state index contributed by atoms with van der Waals surface area (Å²) < 4.78 is 5.14. The van der Waals surface area contributed by atoms with Crippen LogP contribution in [0.1, 0.15) is 90.4 Å². The van der Waals surface area contributed by atoms with Crippen molar-refractivity contribution < 1.29 is 14.6 Å². The zero-order valence-electron chi connectivity index (χ0n) is 13.4. The van der Waals surface area contributed by atoms with Crippen LogP contribution in [-0.4, -0.2) is 24.3 Å². The van der Waals surface area contributed by atoms with Gasteiger partial charge in [0.1, 0.15) is 0 Å². The van der Waals surface area contributed by atoms with E-state index >= 15 is 0 Å². The highest BCUT2D eigenvalue weighted by Crippen LogP contribution is 2.10. The van der Waals surface area contributed by atoms with E-state index in [0.717, 1.165) is 32.1 Å². The molecular weight excluding hydrogens is 252 g/mol. The van der Waals surface area contributed by atoms with Gasteiger partial charge in [-0.15, -0.1) is 0 Å². The maximum atomic E-state index is 11.4. The van der Waals surface area contributed by atoms with Crippen LogP contribution in [-0.2, 0) is 9.53 Å². The highest BCUT2D eigenvalue weighted by molar-refractivity contribution is 5.69. The normalized spacial score (nSPS) is 10.7. The number of hydrogen-bond acceptors (Lipinski definition) is 3. The van der Waals surface area contributed by atoms with Gasteiger partial charge in [-0.1, -0.05) is 58.3 Å². The summed E-state index contributed by atoms with van der Waals surface area (Å²) in [7, 11) is 0. The average Bonchev–Trinajstić information content (AvgIpc) is 2.45. The standard InChI is InChI=1S/C17H34O3/c1-2-3-4-5-6-7-8-9-11-14-17(19)20-16-13-10-12-15-18/h18H,2-16H2,1H3. The number of carbonyl (C=O) groups is 1. The number of hydrogen-bond donors (Lipinski definition) is 1. The third-order valence-corrected chi connectivity index (χ3v) is 3.55. The van der Waals surface area contributed by atoms with Crippen molar-refractivity contribution in [3.05, 3.63) is 0 Å². The van der Waals surface area contributed by atoms with Gasteiger partial charge in [-0.25, -0.2) is 0 Å². The fourth-order valence-corrected chi connectivity index (χ4v) is 2.23. The molecule has 120 valence electrons. The monoisotopic (exact) mass is 286 g/mol. The predicted octanol–water partition coefficient (Wildman–Crippen LogP) is 4.61. The number of rotatable bonds is 15. The Kier molecular flexibility index (Phi) is 16.0. The Morgan fingerprint density at radius 1 is 0.800 bits per heavy atom. The topological polar surface area (TPSA) is 46.5 Å². The minimum absolute atomic E-state index is 0.0584. The van der Waals surface area contributed by atoms with Crippen molar-refractivity contribution in [1.29, 1.82) is 0 Å². The quantitative estimate of drug-likeness (QED) is 0.353. The summed E-state index contributed by atoms with van der Waals surface area (Å²) in [5.41, 5.74) is 0. The third kappa shape index (κ3) is 15.5. The van der Waals surface area contributed by atoms with Gasteiger partial charge in [0.15, 0.2) is 0 Å². The second-order valence-electron chi connectivity index (χ2n) is 5.58. The first-order valence-electron chi connectivity index (χ1n) is 8.57. The maximum absolute atomic E-state index is 11.4. The molecule has 0 unspecified atom stereocenters. The molecule has 0 saturated carbocycles. The number of esters is 1. The molecule has 20 heavy (non-hydrogen) atoms. The van der Waals surface area contributed by atoms with Crippen molar-refractivity contribution in [3.63, 3.8) is 0 Å². The molecule has 0 aromatic carbocycles. The van der Waals surface area contributed by atoms with Crippen LogP contribution in [0.25, 0.3) is 0 Å². The summed E-state index contributed by atoms with van der Waals surface area (Å²) in [4.78, 5) is 11.4. The van der Waals surface area contributed by atoms with E-state index in [0.29, 0.717) is 13.0 Å². The van der Waals surface area contributed by atoms with E-state index in [9.17, 15) is 4.79 Å². The molecular formula is C17H34O3. The van der Waals surface area contributed by atoms with E-state index in [-0.39, 0.29) is 12.6 Å². The summed E-state index contributed by atoms with van der Waals surface area (Å²) in [6, 6.07) is 0. The zero-order valence-corrected chi connectivity index (χ0v) is 13.4. The Hall–Kier alpha value is -0.570. The largest absolute Gasteiger partial charge is 0.466 e. The van der Waals surface area contributed by atoms with Gasteiger partial charge in [0.25, 0.3) is 0 Å². The lowest BCUT2D eigenvalue weighted by Crippen LogP contribution is -2.05. The van der Waals surface area contributed by atoms with E-state index in [1.54, 1.807) is 0 Å². The molecule has 0 aliphatic carbocycles. The number of aliphatic hydroxyl groups is 1. The number of carbonyl (C=O) groups excluding carboxylic acids is 1. The van der Waals surface area contributed by atoms with Crippen LogP contribution in [0, 0.1) is 0 Å². The summed E-state index contributed by atoms with van der Waals surface area (Å²) >= 11 is 0. The molecule has 0 rings (SSSR count). The number of ether oxygens (including phenoxy) is 1. The van der Waals surface area contributed by atoms with Gasteiger partial charge in [0.05, 0.1) is 6.61 Å². The molecule has 0 amide bonds. The van der Waals surface area contributed by atoms with Gasteiger partial charge in [0.2, 0.25) is 0 Å². The minimum atomic E-state index is -0.0584. The second kappa shape index (κ2) is 16.5. The van der Waals surface area contributed by atoms with E-state index in [4.69, 9.17) is 9.84 Å². The summed E-state index contributed by atoms with van der Waals surface area (Å²) in [5, 5.41) is 8.61. The minimum Gasteiger partial charge on any atom is -0.466 e. The molecule has 0 fully saturated rings. The molecule has 0 heterocycles. The molecule has 0 spiro atoms. The molecule has 3 heteroatoms. The molecule has 1 N–H and O–H groups in total. The van der Waals surface area contributed by atoms with Gasteiger partial charge in [0, 0.05) is 13.0 Å². The highest BCUT2D eigenvalue weighted by atomic mass is 16.5. The lowest BCUT2D eigenvalue weighted by molar-refractivity contribution is -0.143. The van der Waals surface area contributed by atoms with E-state index in [1.807, 2.05) is 0 Å². The second-order valence-corrected chi connectivity index (χ2v) is 5.58. The van der Waals surface area contributed by atoms with Crippen LogP contribution in [0.4, 0.5) is 0 Å². The Labute approximate surface area is 125 Å². The summed E-state index contributed by atoms with van der Waals surface area (Å²) in [6.07, 6.45) is 14.6. The van der Waals surface area contributed by atoms with Crippen molar-refractivity contribution in [2.24, 2.45) is 0 Å². The molecule has 0 aliphatic rings. The first-order valence-corrected chi connectivity index (χ1v) is 8.57.